The maximum absolute atomic E-state index is 13.2. The molecule has 1 unspecified atom stereocenters. The van der Waals surface area contributed by atoms with Crippen molar-refractivity contribution in [1.29, 1.82) is 0 Å². The standard InChI is InChI=1S/C32H39F3N4O2/c1-22(2)37-30(40)18-28-21-38(19-24-11-13-36-14-12-24)15-16-39(28)20-25-5-10-29(23(3)17-25)26-6-8-27(9-7-26)31(4,41)32(33,34)35/h5-14,17,22,28,41H,15-16,18-21H2,1-4H3,(H,37,40)/t28-,31?/m0/s1. The van der Waals surface area contributed by atoms with E-state index in [1.54, 1.807) is 24.5 Å². The fourth-order valence-corrected chi connectivity index (χ4v) is 5.36. The lowest BCUT2D eigenvalue weighted by Crippen LogP contribution is -2.53. The number of aromatic nitrogens is 1. The number of piperazine rings is 1. The van der Waals surface area contributed by atoms with Crippen LogP contribution in [-0.2, 0) is 23.5 Å². The Hall–Kier alpha value is -3.27. The number of aliphatic hydroxyl groups is 1. The third-order valence-electron chi connectivity index (χ3n) is 7.70. The zero-order valence-corrected chi connectivity index (χ0v) is 24.1. The summed E-state index contributed by atoms with van der Waals surface area (Å²) < 4.78 is 39.7. The van der Waals surface area contributed by atoms with Gasteiger partial charge in [0.15, 0.2) is 5.60 Å². The van der Waals surface area contributed by atoms with Crippen molar-refractivity contribution in [3.05, 3.63) is 89.2 Å². The van der Waals surface area contributed by atoms with E-state index in [0.29, 0.717) is 13.0 Å². The first-order chi connectivity index (χ1) is 19.3. The molecule has 1 fully saturated rings. The highest BCUT2D eigenvalue weighted by Gasteiger charge is 2.51. The summed E-state index contributed by atoms with van der Waals surface area (Å²) in [5, 5.41) is 13.0. The van der Waals surface area contributed by atoms with Crippen LogP contribution in [0.1, 0.15) is 49.4 Å². The first-order valence-electron chi connectivity index (χ1n) is 14.0. The summed E-state index contributed by atoms with van der Waals surface area (Å²) >= 11 is 0. The molecule has 0 saturated carbocycles. The Kier molecular flexibility index (Phi) is 9.51. The summed E-state index contributed by atoms with van der Waals surface area (Å²) in [5.74, 6) is 0.0419. The van der Waals surface area contributed by atoms with Crippen LogP contribution in [0.3, 0.4) is 0 Å². The van der Waals surface area contributed by atoms with Crippen LogP contribution in [-0.4, -0.2) is 63.7 Å². The van der Waals surface area contributed by atoms with Crippen molar-refractivity contribution in [2.45, 2.75) is 71.1 Å². The average Bonchev–Trinajstić information content (AvgIpc) is 2.90. The highest BCUT2D eigenvalue weighted by atomic mass is 19.4. The summed E-state index contributed by atoms with van der Waals surface area (Å²) in [5.41, 5.74) is 1.91. The average molecular weight is 569 g/mol. The third-order valence-corrected chi connectivity index (χ3v) is 7.70. The zero-order valence-electron chi connectivity index (χ0n) is 24.1. The topological polar surface area (TPSA) is 68.7 Å². The second-order valence-electron chi connectivity index (χ2n) is 11.4. The van der Waals surface area contributed by atoms with E-state index in [4.69, 9.17) is 0 Å². The van der Waals surface area contributed by atoms with Crippen molar-refractivity contribution in [3.8, 4) is 11.1 Å². The van der Waals surface area contributed by atoms with Gasteiger partial charge >= 0.3 is 6.18 Å². The Morgan fingerprint density at radius 2 is 1.71 bits per heavy atom. The highest BCUT2D eigenvalue weighted by Crippen LogP contribution is 2.39. The smallest absolute Gasteiger partial charge is 0.376 e. The number of alkyl halides is 3. The van der Waals surface area contributed by atoms with Crippen molar-refractivity contribution in [2.75, 3.05) is 19.6 Å². The summed E-state index contributed by atoms with van der Waals surface area (Å²) in [7, 11) is 0. The number of benzene rings is 2. The Labute approximate surface area is 240 Å². The van der Waals surface area contributed by atoms with E-state index in [-0.39, 0.29) is 23.6 Å². The molecule has 1 amide bonds. The van der Waals surface area contributed by atoms with E-state index in [9.17, 15) is 23.1 Å². The van der Waals surface area contributed by atoms with Crippen LogP contribution in [0, 0.1) is 6.92 Å². The molecular formula is C32H39F3N4O2. The Morgan fingerprint density at radius 3 is 2.32 bits per heavy atom. The summed E-state index contributed by atoms with van der Waals surface area (Å²) in [6.45, 7) is 10.7. The van der Waals surface area contributed by atoms with Crippen LogP contribution in [0.4, 0.5) is 13.2 Å². The van der Waals surface area contributed by atoms with Gasteiger partial charge in [0, 0.05) is 63.6 Å². The van der Waals surface area contributed by atoms with Crippen LogP contribution in [0.25, 0.3) is 11.1 Å². The number of hydrogen-bond donors (Lipinski definition) is 2. The number of halogens is 3. The minimum Gasteiger partial charge on any atom is -0.376 e. The lowest BCUT2D eigenvalue weighted by atomic mass is 9.92. The Bertz CT molecular complexity index is 1310. The van der Waals surface area contributed by atoms with Crippen molar-refractivity contribution >= 4 is 5.91 Å². The van der Waals surface area contributed by atoms with E-state index in [1.165, 1.54) is 17.7 Å². The minimum atomic E-state index is -4.76. The molecule has 9 heteroatoms. The minimum absolute atomic E-state index is 0.0419. The van der Waals surface area contributed by atoms with Gasteiger partial charge in [0.25, 0.3) is 0 Å². The molecule has 0 bridgehead atoms. The predicted molar refractivity (Wildman–Crippen MR) is 154 cm³/mol. The number of nitrogens with one attached hydrogen (secondary N) is 1. The SMILES string of the molecule is Cc1cc(CN2CCN(Cc3ccncc3)C[C@@H]2CC(=O)NC(C)C)ccc1-c1ccc(C(C)(O)C(F)(F)F)cc1. The van der Waals surface area contributed by atoms with Crippen LogP contribution in [0.5, 0.6) is 0 Å². The second-order valence-corrected chi connectivity index (χ2v) is 11.4. The largest absolute Gasteiger partial charge is 0.421 e. The molecule has 2 heterocycles. The van der Waals surface area contributed by atoms with Crippen LogP contribution >= 0.6 is 0 Å². The predicted octanol–water partition coefficient (Wildman–Crippen LogP) is 5.43. The van der Waals surface area contributed by atoms with Gasteiger partial charge in [-0.05, 0) is 73.2 Å². The number of carbonyl (C=O) groups is 1. The molecule has 3 aromatic rings. The number of rotatable bonds is 9. The molecule has 0 spiro atoms. The van der Waals surface area contributed by atoms with E-state index in [2.05, 4.69) is 26.2 Å². The monoisotopic (exact) mass is 568 g/mol. The summed E-state index contributed by atoms with van der Waals surface area (Å²) in [4.78, 5) is 21.6. The molecule has 41 heavy (non-hydrogen) atoms. The number of pyridine rings is 1. The van der Waals surface area contributed by atoms with E-state index in [1.807, 2.05) is 45.0 Å². The quantitative estimate of drug-likeness (QED) is 0.361. The van der Waals surface area contributed by atoms with Gasteiger partial charge in [0.2, 0.25) is 5.91 Å². The normalized spacial score (nSPS) is 18.3. The van der Waals surface area contributed by atoms with Gasteiger partial charge in [0.05, 0.1) is 0 Å². The first-order valence-corrected chi connectivity index (χ1v) is 14.0. The van der Waals surface area contributed by atoms with Gasteiger partial charge in [-0.2, -0.15) is 13.2 Å². The maximum atomic E-state index is 13.2. The molecule has 2 atom stereocenters. The van der Waals surface area contributed by atoms with E-state index >= 15 is 0 Å². The third kappa shape index (κ3) is 7.72. The molecule has 220 valence electrons. The van der Waals surface area contributed by atoms with Crippen LogP contribution < -0.4 is 5.32 Å². The molecule has 2 aromatic carbocycles. The number of hydrogen-bond acceptors (Lipinski definition) is 5. The van der Waals surface area contributed by atoms with Crippen molar-refractivity contribution in [1.82, 2.24) is 20.1 Å². The molecule has 0 aliphatic carbocycles. The van der Waals surface area contributed by atoms with Crippen molar-refractivity contribution in [3.63, 3.8) is 0 Å². The molecule has 1 saturated heterocycles. The molecule has 0 radical (unpaired) electrons. The Morgan fingerprint density at radius 1 is 1.02 bits per heavy atom. The number of carbonyl (C=O) groups excluding carboxylic acids is 1. The van der Waals surface area contributed by atoms with Gasteiger partial charge in [0.1, 0.15) is 0 Å². The molecule has 6 nitrogen and oxygen atoms in total. The molecule has 4 rings (SSSR count). The van der Waals surface area contributed by atoms with E-state index < -0.39 is 11.8 Å². The van der Waals surface area contributed by atoms with Gasteiger partial charge in [-0.1, -0.05) is 42.5 Å². The fourth-order valence-electron chi connectivity index (χ4n) is 5.36. The molecular weight excluding hydrogens is 529 g/mol. The van der Waals surface area contributed by atoms with Gasteiger partial charge < -0.3 is 10.4 Å². The van der Waals surface area contributed by atoms with Crippen LogP contribution in [0.15, 0.2) is 67.0 Å². The number of nitrogens with zero attached hydrogens (tertiary/aromatic N) is 3. The molecule has 2 N–H and O–H groups in total. The van der Waals surface area contributed by atoms with Gasteiger partial charge in [-0.3, -0.25) is 19.6 Å². The van der Waals surface area contributed by atoms with Crippen molar-refractivity contribution < 1.29 is 23.1 Å². The second kappa shape index (κ2) is 12.7. The number of aryl methyl sites for hydroxylation is 1. The van der Waals surface area contributed by atoms with Gasteiger partial charge in [-0.25, -0.2) is 0 Å². The number of amides is 1. The lowest BCUT2D eigenvalue weighted by Gasteiger charge is -2.41. The lowest BCUT2D eigenvalue weighted by molar-refractivity contribution is -0.258. The Balaban J connectivity index is 1.48. The van der Waals surface area contributed by atoms with Crippen LogP contribution in [0.2, 0.25) is 0 Å². The molecule has 1 aliphatic rings. The fraction of sp³-hybridized carbons (Fsp3) is 0.438. The van der Waals surface area contributed by atoms with Crippen molar-refractivity contribution in [2.24, 2.45) is 0 Å². The molecule has 1 aliphatic heterocycles. The highest BCUT2D eigenvalue weighted by molar-refractivity contribution is 5.76. The molecule has 1 aromatic heterocycles. The van der Waals surface area contributed by atoms with E-state index in [0.717, 1.165) is 55.4 Å². The van der Waals surface area contributed by atoms with Gasteiger partial charge in [-0.15, -0.1) is 0 Å². The zero-order chi connectivity index (χ0) is 29.8. The maximum Gasteiger partial charge on any atom is 0.421 e. The summed E-state index contributed by atoms with van der Waals surface area (Å²) in [6.07, 6.45) is -0.753. The summed E-state index contributed by atoms with van der Waals surface area (Å²) in [6, 6.07) is 16.2. The first kappa shape index (κ1) is 30.7.